The Labute approximate surface area is 104 Å². The lowest BCUT2D eigenvalue weighted by atomic mass is 10.3. The minimum absolute atomic E-state index is 0.0142. The van der Waals surface area contributed by atoms with Crippen molar-refractivity contribution in [3.8, 4) is 16.8 Å². The molecule has 0 saturated carbocycles. The zero-order valence-electron chi connectivity index (χ0n) is 8.86. The maximum atomic E-state index is 12.0. The third-order valence-electron chi connectivity index (χ3n) is 2.08. The molecular formula is C10H6F3N3OS. The SMILES string of the molecule is N#Cc1ccsc1-c1nc(CCC(F)(F)F)no1. The number of nitrogens with zero attached hydrogens (tertiary/aromatic N) is 3. The summed E-state index contributed by atoms with van der Waals surface area (Å²) in [5.41, 5.74) is 0.367. The predicted molar refractivity (Wildman–Crippen MR) is 56.7 cm³/mol. The Morgan fingerprint density at radius 2 is 2.22 bits per heavy atom. The van der Waals surface area contributed by atoms with Crippen molar-refractivity contribution < 1.29 is 17.7 Å². The summed E-state index contributed by atoms with van der Waals surface area (Å²) in [6.45, 7) is 0. The molecule has 0 aliphatic rings. The van der Waals surface area contributed by atoms with E-state index in [1.807, 2.05) is 6.07 Å². The molecule has 0 spiro atoms. The average Bonchev–Trinajstić information content (AvgIpc) is 2.93. The highest BCUT2D eigenvalue weighted by molar-refractivity contribution is 7.13. The van der Waals surface area contributed by atoms with E-state index in [4.69, 9.17) is 9.78 Å². The van der Waals surface area contributed by atoms with Crippen LogP contribution in [0.25, 0.3) is 10.8 Å². The van der Waals surface area contributed by atoms with E-state index in [0.717, 1.165) is 0 Å². The van der Waals surface area contributed by atoms with Crippen molar-refractivity contribution in [2.24, 2.45) is 0 Å². The summed E-state index contributed by atoms with van der Waals surface area (Å²) < 4.78 is 40.9. The van der Waals surface area contributed by atoms with Crippen LogP contribution in [0.3, 0.4) is 0 Å². The van der Waals surface area contributed by atoms with Crippen molar-refractivity contribution in [2.45, 2.75) is 19.0 Å². The molecule has 0 atom stereocenters. The molecule has 0 aliphatic carbocycles. The van der Waals surface area contributed by atoms with Crippen LogP contribution in [-0.4, -0.2) is 16.3 Å². The van der Waals surface area contributed by atoms with Crippen LogP contribution in [0.15, 0.2) is 16.0 Å². The van der Waals surface area contributed by atoms with E-state index >= 15 is 0 Å². The Morgan fingerprint density at radius 3 is 2.89 bits per heavy atom. The van der Waals surface area contributed by atoms with Crippen LogP contribution < -0.4 is 0 Å². The van der Waals surface area contributed by atoms with Crippen molar-refractivity contribution in [1.29, 1.82) is 5.26 Å². The summed E-state index contributed by atoms with van der Waals surface area (Å²) in [4.78, 5) is 4.32. The van der Waals surface area contributed by atoms with Gasteiger partial charge < -0.3 is 4.52 Å². The van der Waals surface area contributed by atoms with Crippen LogP contribution >= 0.6 is 11.3 Å². The molecule has 0 aliphatic heterocycles. The van der Waals surface area contributed by atoms with Gasteiger partial charge in [-0.1, -0.05) is 5.16 Å². The molecular weight excluding hydrogens is 267 g/mol. The quantitative estimate of drug-likeness (QED) is 0.861. The first-order valence-corrected chi connectivity index (χ1v) is 5.75. The Morgan fingerprint density at radius 1 is 1.44 bits per heavy atom. The van der Waals surface area contributed by atoms with E-state index in [-0.39, 0.29) is 18.1 Å². The molecule has 0 aromatic carbocycles. The molecule has 2 rings (SSSR count). The normalized spacial score (nSPS) is 11.4. The lowest BCUT2D eigenvalue weighted by Crippen LogP contribution is -2.09. The molecule has 0 fully saturated rings. The maximum Gasteiger partial charge on any atom is 0.389 e. The Hall–Kier alpha value is -1.88. The van der Waals surface area contributed by atoms with Gasteiger partial charge in [-0.2, -0.15) is 23.4 Å². The number of nitriles is 1. The lowest BCUT2D eigenvalue weighted by molar-refractivity contribution is -0.134. The summed E-state index contributed by atoms with van der Waals surface area (Å²) in [7, 11) is 0. The first-order chi connectivity index (χ1) is 8.49. The molecule has 18 heavy (non-hydrogen) atoms. The topological polar surface area (TPSA) is 62.7 Å². The fourth-order valence-electron chi connectivity index (χ4n) is 1.26. The molecule has 8 heteroatoms. The number of halogens is 3. The van der Waals surface area contributed by atoms with Gasteiger partial charge in [0, 0.05) is 6.42 Å². The van der Waals surface area contributed by atoms with Crippen LogP contribution in [-0.2, 0) is 6.42 Å². The predicted octanol–water partition coefficient (Wildman–Crippen LogP) is 3.16. The maximum absolute atomic E-state index is 12.0. The number of hydrogen-bond donors (Lipinski definition) is 0. The first kappa shape index (κ1) is 12.6. The van der Waals surface area contributed by atoms with Gasteiger partial charge in [0.1, 0.15) is 10.9 Å². The fourth-order valence-corrected chi connectivity index (χ4v) is 2.03. The van der Waals surface area contributed by atoms with Crippen molar-refractivity contribution in [3.63, 3.8) is 0 Å². The number of alkyl halides is 3. The second kappa shape index (κ2) is 4.78. The van der Waals surface area contributed by atoms with Gasteiger partial charge in [0.05, 0.1) is 12.0 Å². The number of rotatable bonds is 3. The van der Waals surface area contributed by atoms with Crippen LogP contribution in [0, 0.1) is 11.3 Å². The van der Waals surface area contributed by atoms with Crippen molar-refractivity contribution in [3.05, 3.63) is 22.8 Å². The zero-order chi connectivity index (χ0) is 13.2. The highest BCUT2D eigenvalue weighted by Gasteiger charge is 2.27. The molecule has 0 N–H and O–H groups in total. The molecule has 0 bridgehead atoms. The second-order valence-electron chi connectivity index (χ2n) is 3.41. The molecule has 94 valence electrons. The fraction of sp³-hybridized carbons (Fsp3) is 0.300. The van der Waals surface area contributed by atoms with Crippen molar-refractivity contribution >= 4 is 11.3 Å². The first-order valence-electron chi connectivity index (χ1n) is 4.87. The van der Waals surface area contributed by atoms with Crippen molar-refractivity contribution in [2.75, 3.05) is 0 Å². The van der Waals surface area contributed by atoms with Gasteiger partial charge in [0.2, 0.25) is 0 Å². The standard InChI is InChI=1S/C10H6F3N3OS/c11-10(12,13)3-1-7-15-9(17-16-7)8-6(5-14)2-4-18-8/h2,4H,1,3H2. The summed E-state index contributed by atoms with van der Waals surface area (Å²) in [6, 6.07) is 3.53. The van der Waals surface area contributed by atoms with E-state index in [2.05, 4.69) is 10.1 Å². The molecule has 0 unspecified atom stereocenters. The van der Waals surface area contributed by atoms with Gasteiger partial charge >= 0.3 is 6.18 Å². The minimum atomic E-state index is -4.25. The Balaban J connectivity index is 2.14. The second-order valence-corrected chi connectivity index (χ2v) is 4.32. The summed E-state index contributed by atoms with van der Waals surface area (Å²) in [5, 5.41) is 13.9. The molecule has 4 nitrogen and oxygen atoms in total. The van der Waals surface area contributed by atoms with Crippen LogP contribution in [0.4, 0.5) is 13.2 Å². The lowest BCUT2D eigenvalue weighted by Gasteiger charge is -2.01. The summed E-state index contributed by atoms with van der Waals surface area (Å²) >= 11 is 1.22. The average molecular weight is 273 g/mol. The van der Waals surface area contributed by atoms with E-state index in [1.54, 1.807) is 11.4 Å². The van der Waals surface area contributed by atoms with Gasteiger partial charge in [0.15, 0.2) is 5.82 Å². The monoisotopic (exact) mass is 273 g/mol. The van der Waals surface area contributed by atoms with Crippen LogP contribution in [0.5, 0.6) is 0 Å². The Bertz CT molecular complexity index is 582. The zero-order valence-corrected chi connectivity index (χ0v) is 9.68. The van der Waals surface area contributed by atoms with Gasteiger partial charge in [0.25, 0.3) is 5.89 Å². The van der Waals surface area contributed by atoms with E-state index in [9.17, 15) is 13.2 Å². The van der Waals surface area contributed by atoms with Gasteiger partial charge in [-0.15, -0.1) is 11.3 Å². The van der Waals surface area contributed by atoms with Crippen LogP contribution in [0.2, 0.25) is 0 Å². The third-order valence-corrected chi connectivity index (χ3v) is 2.98. The molecule has 0 saturated heterocycles. The number of aryl methyl sites for hydroxylation is 1. The number of hydrogen-bond acceptors (Lipinski definition) is 5. The van der Waals surface area contributed by atoms with E-state index in [0.29, 0.717) is 10.4 Å². The number of thiophene rings is 1. The van der Waals surface area contributed by atoms with E-state index in [1.165, 1.54) is 11.3 Å². The van der Waals surface area contributed by atoms with Crippen molar-refractivity contribution in [1.82, 2.24) is 10.1 Å². The largest absolute Gasteiger partial charge is 0.389 e. The molecule has 2 heterocycles. The highest BCUT2D eigenvalue weighted by atomic mass is 32.1. The van der Waals surface area contributed by atoms with Gasteiger partial charge in [-0.05, 0) is 11.4 Å². The smallest absolute Gasteiger partial charge is 0.333 e. The molecule has 2 aromatic heterocycles. The van der Waals surface area contributed by atoms with Crippen LogP contribution in [0.1, 0.15) is 17.8 Å². The molecule has 0 radical (unpaired) electrons. The number of aromatic nitrogens is 2. The molecule has 2 aromatic rings. The highest BCUT2D eigenvalue weighted by Crippen LogP contribution is 2.28. The molecule has 0 amide bonds. The van der Waals surface area contributed by atoms with Gasteiger partial charge in [-0.25, -0.2) is 0 Å². The summed E-state index contributed by atoms with van der Waals surface area (Å²) in [5.74, 6) is 0.0679. The third kappa shape index (κ3) is 2.87. The van der Waals surface area contributed by atoms with Gasteiger partial charge in [-0.3, -0.25) is 0 Å². The minimum Gasteiger partial charge on any atom is -0.333 e. The van der Waals surface area contributed by atoms with E-state index < -0.39 is 12.6 Å². The summed E-state index contributed by atoms with van der Waals surface area (Å²) in [6.07, 6.45) is -5.58. The Kier molecular flexibility index (Phi) is 3.34.